The average Bonchev–Trinajstić information content (AvgIpc) is 3.13. The van der Waals surface area contributed by atoms with Crippen LogP contribution in [0.3, 0.4) is 0 Å². The van der Waals surface area contributed by atoms with Crippen LogP contribution < -0.4 is 10.6 Å². The van der Waals surface area contributed by atoms with Crippen molar-refractivity contribution in [1.29, 1.82) is 0 Å². The van der Waals surface area contributed by atoms with Crippen molar-refractivity contribution in [3.63, 3.8) is 0 Å². The number of carbonyl (C=O) groups is 1. The molecule has 1 heterocycles. The second-order valence-electron chi connectivity index (χ2n) is 6.26. The highest BCUT2D eigenvalue weighted by atomic mass is 16.1. The number of aromatic nitrogens is 2. The zero-order valence-corrected chi connectivity index (χ0v) is 13.9. The van der Waals surface area contributed by atoms with Crippen LogP contribution in [-0.4, -0.2) is 28.5 Å². The van der Waals surface area contributed by atoms with Crippen LogP contribution in [-0.2, 0) is 6.42 Å². The molecule has 1 amide bonds. The van der Waals surface area contributed by atoms with Crippen LogP contribution in [0.1, 0.15) is 48.2 Å². The molecule has 3 rings (SSSR count). The summed E-state index contributed by atoms with van der Waals surface area (Å²) in [5.74, 6) is 0.603. The van der Waals surface area contributed by atoms with Gasteiger partial charge in [0, 0.05) is 18.7 Å². The lowest BCUT2D eigenvalue weighted by Crippen LogP contribution is -2.26. The van der Waals surface area contributed by atoms with Gasteiger partial charge in [0.25, 0.3) is 5.91 Å². The van der Waals surface area contributed by atoms with Gasteiger partial charge in [-0.2, -0.15) is 0 Å². The fourth-order valence-electron chi connectivity index (χ4n) is 3.07. The molecule has 1 fully saturated rings. The van der Waals surface area contributed by atoms with Crippen LogP contribution in [0.2, 0.25) is 0 Å². The monoisotopic (exact) mass is 324 g/mol. The molecule has 126 valence electrons. The van der Waals surface area contributed by atoms with E-state index < -0.39 is 0 Å². The SMILES string of the molecule is O=C(NCCCc1ccccc1)c1cc(NC2CCCC2)ncn1. The topological polar surface area (TPSA) is 66.9 Å². The molecule has 0 spiro atoms. The molecular formula is C19H24N4O. The zero-order valence-electron chi connectivity index (χ0n) is 13.9. The number of anilines is 1. The second-order valence-corrected chi connectivity index (χ2v) is 6.26. The van der Waals surface area contributed by atoms with Gasteiger partial charge >= 0.3 is 0 Å². The lowest BCUT2D eigenvalue weighted by molar-refractivity contribution is 0.0948. The Balaban J connectivity index is 1.46. The number of nitrogens with one attached hydrogen (secondary N) is 2. The Kier molecular flexibility index (Phi) is 5.77. The molecule has 0 unspecified atom stereocenters. The molecule has 0 saturated heterocycles. The van der Waals surface area contributed by atoms with E-state index in [2.05, 4.69) is 32.7 Å². The van der Waals surface area contributed by atoms with E-state index in [1.807, 2.05) is 18.2 Å². The lowest BCUT2D eigenvalue weighted by Gasteiger charge is -2.12. The zero-order chi connectivity index (χ0) is 16.6. The van der Waals surface area contributed by atoms with Crippen LogP contribution in [0.25, 0.3) is 0 Å². The van der Waals surface area contributed by atoms with Crippen LogP contribution in [0.4, 0.5) is 5.82 Å². The molecular weight excluding hydrogens is 300 g/mol. The van der Waals surface area contributed by atoms with Gasteiger partial charge in [0.05, 0.1) is 0 Å². The first-order valence-corrected chi connectivity index (χ1v) is 8.72. The van der Waals surface area contributed by atoms with Gasteiger partial charge in [-0.3, -0.25) is 4.79 Å². The molecule has 2 aromatic rings. The van der Waals surface area contributed by atoms with Crippen molar-refractivity contribution >= 4 is 11.7 Å². The molecule has 1 aliphatic carbocycles. The number of carbonyl (C=O) groups excluding carboxylic acids is 1. The Bertz CT molecular complexity index is 653. The molecule has 5 nitrogen and oxygen atoms in total. The standard InChI is InChI=1S/C19H24N4O/c24-19(20-12-6-9-15-7-2-1-3-8-15)17-13-18(22-14-21-17)23-16-10-4-5-11-16/h1-3,7-8,13-14,16H,4-6,9-12H2,(H,20,24)(H,21,22,23). The molecule has 24 heavy (non-hydrogen) atoms. The summed E-state index contributed by atoms with van der Waals surface area (Å²) in [6.45, 7) is 0.642. The van der Waals surface area contributed by atoms with Gasteiger partial charge in [-0.05, 0) is 31.2 Å². The van der Waals surface area contributed by atoms with Crippen LogP contribution in [0.15, 0.2) is 42.7 Å². The van der Waals surface area contributed by atoms with E-state index in [4.69, 9.17) is 0 Å². The van der Waals surface area contributed by atoms with Gasteiger partial charge in [-0.15, -0.1) is 0 Å². The summed E-state index contributed by atoms with van der Waals surface area (Å²) in [5, 5.41) is 6.33. The van der Waals surface area contributed by atoms with Gasteiger partial charge < -0.3 is 10.6 Å². The third kappa shape index (κ3) is 4.78. The third-order valence-electron chi connectivity index (χ3n) is 4.38. The predicted octanol–water partition coefficient (Wildman–Crippen LogP) is 3.19. The lowest BCUT2D eigenvalue weighted by atomic mass is 10.1. The van der Waals surface area contributed by atoms with Gasteiger partial charge in [-0.1, -0.05) is 43.2 Å². The molecule has 5 heteroatoms. The summed E-state index contributed by atoms with van der Waals surface area (Å²) < 4.78 is 0. The van der Waals surface area contributed by atoms with E-state index in [1.54, 1.807) is 6.07 Å². The maximum absolute atomic E-state index is 12.2. The number of hydrogen-bond acceptors (Lipinski definition) is 4. The van der Waals surface area contributed by atoms with E-state index in [0.29, 0.717) is 18.3 Å². The largest absolute Gasteiger partial charge is 0.367 e. The van der Waals surface area contributed by atoms with E-state index in [0.717, 1.165) is 18.7 Å². The van der Waals surface area contributed by atoms with Gasteiger partial charge in [0.15, 0.2) is 0 Å². The molecule has 1 aromatic carbocycles. The Morgan fingerprint density at radius 3 is 2.71 bits per heavy atom. The Morgan fingerprint density at radius 1 is 1.12 bits per heavy atom. The molecule has 0 bridgehead atoms. The molecule has 0 radical (unpaired) electrons. The minimum absolute atomic E-state index is 0.139. The molecule has 2 N–H and O–H groups in total. The summed E-state index contributed by atoms with van der Waals surface area (Å²) in [7, 11) is 0. The van der Waals surface area contributed by atoms with Crippen molar-refractivity contribution in [2.24, 2.45) is 0 Å². The number of nitrogens with zero attached hydrogens (tertiary/aromatic N) is 2. The summed E-state index contributed by atoms with van der Waals surface area (Å²) in [6.07, 6.45) is 8.19. The van der Waals surface area contributed by atoms with E-state index in [9.17, 15) is 4.79 Å². The fraction of sp³-hybridized carbons (Fsp3) is 0.421. The molecule has 0 atom stereocenters. The first-order valence-electron chi connectivity index (χ1n) is 8.72. The Hall–Kier alpha value is -2.43. The van der Waals surface area contributed by atoms with Crippen LogP contribution in [0.5, 0.6) is 0 Å². The smallest absolute Gasteiger partial charge is 0.270 e. The van der Waals surface area contributed by atoms with Crippen LogP contribution in [0, 0.1) is 0 Å². The van der Waals surface area contributed by atoms with Crippen LogP contribution >= 0.6 is 0 Å². The third-order valence-corrected chi connectivity index (χ3v) is 4.38. The van der Waals surface area contributed by atoms with Crippen molar-refractivity contribution in [3.8, 4) is 0 Å². The number of aryl methyl sites for hydroxylation is 1. The Morgan fingerprint density at radius 2 is 1.92 bits per heavy atom. The highest BCUT2D eigenvalue weighted by molar-refractivity contribution is 5.92. The summed E-state index contributed by atoms with van der Waals surface area (Å²) in [4.78, 5) is 20.5. The van der Waals surface area contributed by atoms with Crippen molar-refractivity contribution in [1.82, 2.24) is 15.3 Å². The van der Waals surface area contributed by atoms with Gasteiger partial charge in [0.1, 0.15) is 17.8 Å². The maximum Gasteiger partial charge on any atom is 0.270 e. The maximum atomic E-state index is 12.2. The van der Waals surface area contributed by atoms with E-state index in [-0.39, 0.29) is 5.91 Å². The predicted molar refractivity (Wildman–Crippen MR) is 95.0 cm³/mol. The van der Waals surface area contributed by atoms with Gasteiger partial charge in [-0.25, -0.2) is 9.97 Å². The number of amides is 1. The molecule has 0 aliphatic heterocycles. The number of rotatable bonds is 7. The number of hydrogen-bond donors (Lipinski definition) is 2. The average molecular weight is 324 g/mol. The minimum atomic E-state index is -0.139. The summed E-state index contributed by atoms with van der Waals surface area (Å²) in [6, 6.07) is 12.5. The second kappa shape index (κ2) is 8.43. The summed E-state index contributed by atoms with van der Waals surface area (Å²) in [5.41, 5.74) is 1.71. The van der Waals surface area contributed by atoms with Crippen molar-refractivity contribution in [2.75, 3.05) is 11.9 Å². The fourth-order valence-corrected chi connectivity index (χ4v) is 3.07. The van der Waals surface area contributed by atoms with Crippen molar-refractivity contribution in [2.45, 2.75) is 44.6 Å². The van der Waals surface area contributed by atoms with E-state index >= 15 is 0 Å². The Labute approximate surface area is 142 Å². The number of benzene rings is 1. The highest BCUT2D eigenvalue weighted by Crippen LogP contribution is 2.21. The molecule has 1 aromatic heterocycles. The normalized spacial score (nSPS) is 14.5. The molecule has 1 saturated carbocycles. The van der Waals surface area contributed by atoms with Gasteiger partial charge in [0.2, 0.25) is 0 Å². The van der Waals surface area contributed by atoms with Crippen molar-refractivity contribution in [3.05, 3.63) is 54.0 Å². The quantitative estimate of drug-likeness (QED) is 0.768. The minimum Gasteiger partial charge on any atom is -0.367 e. The first kappa shape index (κ1) is 16.4. The van der Waals surface area contributed by atoms with E-state index in [1.165, 1.54) is 37.6 Å². The first-order chi connectivity index (χ1) is 11.8. The molecule has 1 aliphatic rings. The summed E-state index contributed by atoms with van der Waals surface area (Å²) >= 11 is 0. The highest BCUT2D eigenvalue weighted by Gasteiger charge is 2.16. The van der Waals surface area contributed by atoms with Crippen molar-refractivity contribution < 1.29 is 4.79 Å².